The van der Waals surface area contributed by atoms with E-state index in [2.05, 4.69) is 21.9 Å². The van der Waals surface area contributed by atoms with Crippen molar-refractivity contribution in [3.8, 4) is 0 Å². The summed E-state index contributed by atoms with van der Waals surface area (Å²) in [5.41, 5.74) is 1.62. The van der Waals surface area contributed by atoms with Crippen LogP contribution in [0.4, 0.5) is 5.82 Å². The number of halogens is 3. The monoisotopic (exact) mass is 359 g/mol. The maximum Gasteiger partial charge on any atom is 0.224 e. The lowest BCUT2D eigenvalue weighted by molar-refractivity contribution is 1.03. The van der Waals surface area contributed by atoms with Gasteiger partial charge >= 0.3 is 0 Å². The second-order valence-electron chi connectivity index (χ2n) is 4.05. The zero-order valence-electron chi connectivity index (χ0n) is 11.2. The molecular weight excluding hydrogens is 349 g/mol. The zero-order chi connectivity index (χ0) is 15.4. The van der Waals surface area contributed by atoms with Crippen molar-refractivity contribution in [3.63, 3.8) is 0 Å². The van der Waals surface area contributed by atoms with Gasteiger partial charge in [0.2, 0.25) is 5.28 Å². The fourth-order valence-electron chi connectivity index (χ4n) is 1.74. The number of nitrogens with zero attached hydrogens (tertiary/aromatic N) is 2. The van der Waals surface area contributed by atoms with Gasteiger partial charge < -0.3 is 5.32 Å². The third kappa shape index (κ3) is 4.04. The van der Waals surface area contributed by atoms with Gasteiger partial charge in [0.25, 0.3) is 0 Å². The van der Waals surface area contributed by atoms with Crippen LogP contribution >= 0.6 is 46.6 Å². The minimum atomic E-state index is 0.174. The molecule has 0 bridgehead atoms. The molecule has 0 aliphatic carbocycles. The molecule has 0 aliphatic heterocycles. The Morgan fingerprint density at radius 2 is 2.05 bits per heavy atom. The molecule has 7 heteroatoms. The van der Waals surface area contributed by atoms with Crippen molar-refractivity contribution in [1.82, 2.24) is 9.97 Å². The Labute approximate surface area is 142 Å². The summed E-state index contributed by atoms with van der Waals surface area (Å²) >= 11 is 19.5. The van der Waals surface area contributed by atoms with Gasteiger partial charge in [-0.05, 0) is 41.6 Å². The van der Waals surface area contributed by atoms with E-state index in [9.17, 15) is 0 Å². The van der Waals surface area contributed by atoms with Crippen LogP contribution in [0, 0.1) is 0 Å². The lowest BCUT2D eigenvalue weighted by atomic mass is 10.2. The molecule has 2 aromatic rings. The number of hydrogen-bond acceptors (Lipinski definition) is 4. The van der Waals surface area contributed by atoms with Crippen molar-refractivity contribution in [2.75, 3.05) is 11.6 Å². The van der Waals surface area contributed by atoms with Crippen molar-refractivity contribution >= 4 is 58.5 Å². The summed E-state index contributed by atoms with van der Waals surface area (Å²) in [6.07, 6.45) is 3.60. The number of anilines is 1. The highest BCUT2D eigenvalue weighted by Gasteiger charge is 2.11. The van der Waals surface area contributed by atoms with E-state index in [1.807, 2.05) is 12.3 Å². The van der Waals surface area contributed by atoms with Crippen molar-refractivity contribution in [2.45, 2.75) is 11.4 Å². The van der Waals surface area contributed by atoms with E-state index in [0.717, 1.165) is 10.5 Å². The molecule has 0 atom stereocenters. The first kappa shape index (κ1) is 16.4. The van der Waals surface area contributed by atoms with Crippen LogP contribution in [0.15, 0.2) is 29.7 Å². The molecule has 1 aromatic heterocycles. The highest BCUT2D eigenvalue weighted by Crippen LogP contribution is 2.29. The van der Waals surface area contributed by atoms with Crippen LogP contribution in [0.1, 0.15) is 11.3 Å². The van der Waals surface area contributed by atoms with E-state index in [0.29, 0.717) is 28.1 Å². The maximum atomic E-state index is 6.15. The molecular formula is C14H12Cl3N3S. The lowest BCUT2D eigenvalue weighted by Gasteiger charge is -2.12. The van der Waals surface area contributed by atoms with Gasteiger partial charge in [-0.3, -0.25) is 0 Å². The molecule has 0 fully saturated rings. The standard InChI is InChI=1S/C14H12Cl3N3S/c1-3-11-12(21-2)13(20-14(17)19-11)18-7-8-4-5-9(15)6-10(8)16/h3-6H,1,7H2,2H3,(H,18,19,20). The molecule has 0 saturated carbocycles. The number of nitrogens with one attached hydrogen (secondary N) is 1. The highest BCUT2D eigenvalue weighted by atomic mass is 35.5. The van der Waals surface area contributed by atoms with Gasteiger partial charge in [-0.2, -0.15) is 4.98 Å². The summed E-state index contributed by atoms with van der Waals surface area (Å²) in [6, 6.07) is 5.37. The van der Waals surface area contributed by atoms with Crippen LogP contribution in [-0.2, 0) is 6.54 Å². The van der Waals surface area contributed by atoms with E-state index < -0.39 is 0 Å². The van der Waals surface area contributed by atoms with E-state index in [1.54, 1.807) is 18.2 Å². The van der Waals surface area contributed by atoms with E-state index >= 15 is 0 Å². The Morgan fingerprint density at radius 1 is 1.29 bits per heavy atom. The molecule has 2 rings (SSSR count). The number of thioether (sulfide) groups is 1. The summed E-state index contributed by atoms with van der Waals surface area (Å²) in [5, 5.41) is 4.60. The van der Waals surface area contributed by atoms with Crippen LogP contribution in [0.2, 0.25) is 15.3 Å². The summed E-state index contributed by atoms with van der Waals surface area (Å²) in [5.74, 6) is 0.656. The average molecular weight is 361 g/mol. The van der Waals surface area contributed by atoms with Crippen molar-refractivity contribution in [2.24, 2.45) is 0 Å². The Bertz CT molecular complexity index is 677. The molecule has 0 amide bonds. The molecule has 0 aliphatic rings. The third-order valence-corrected chi connectivity index (χ3v) is 4.29. The van der Waals surface area contributed by atoms with Crippen molar-refractivity contribution < 1.29 is 0 Å². The first-order chi connectivity index (χ1) is 10.0. The number of benzene rings is 1. The summed E-state index contributed by atoms with van der Waals surface area (Å²) in [7, 11) is 0. The number of hydrogen-bond donors (Lipinski definition) is 1. The number of aromatic nitrogens is 2. The fraction of sp³-hybridized carbons (Fsp3) is 0.143. The first-order valence-corrected chi connectivity index (χ1v) is 8.32. The van der Waals surface area contributed by atoms with Crippen LogP contribution in [0.25, 0.3) is 6.08 Å². The smallest absolute Gasteiger partial charge is 0.224 e. The van der Waals surface area contributed by atoms with Crippen LogP contribution in [-0.4, -0.2) is 16.2 Å². The fourth-order valence-corrected chi connectivity index (χ4v) is 3.04. The molecule has 1 N–H and O–H groups in total. The second kappa shape index (κ2) is 7.36. The highest BCUT2D eigenvalue weighted by molar-refractivity contribution is 7.98. The molecule has 3 nitrogen and oxygen atoms in total. The summed E-state index contributed by atoms with van der Waals surface area (Å²) < 4.78 is 0. The minimum absolute atomic E-state index is 0.174. The largest absolute Gasteiger partial charge is 0.365 e. The molecule has 0 radical (unpaired) electrons. The van der Waals surface area contributed by atoms with Gasteiger partial charge in [0.05, 0.1) is 10.6 Å². The predicted molar refractivity (Wildman–Crippen MR) is 92.7 cm³/mol. The summed E-state index contributed by atoms with van der Waals surface area (Å²) in [4.78, 5) is 9.25. The van der Waals surface area contributed by atoms with E-state index in [-0.39, 0.29) is 5.28 Å². The van der Waals surface area contributed by atoms with E-state index in [4.69, 9.17) is 34.8 Å². The Kier molecular flexibility index (Phi) is 5.76. The SMILES string of the molecule is C=Cc1nc(Cl)nc(NCc2ccc(Cl)cc2Cl)c1SC. The minimum Gasteiger partial charge on any atom is -0.365 e. The number of rotatable bonds is 5. The predicted octanol–water partition coefficient (Wildman–Crippen LogP) is 5.41. The molecule has 1 aromatic carbocycles. The third-order valence-electron chi connectivity index (χ3n) is 2.72. The normalized spacial score (nSPS) is 10.5. The van der Waals surface area contributed by atoms with Gasteiger partial charge in [-0.25, -0.2) is 4.98 Å². The van der Waals surface area contributed by atoms with E-state index in [1.165, 1.54) is 11.8 Å². The van der Waals surface area contributed by atoms with Gasteiger partial charge in [0.1, 0.15) is 5.82 Å². The Balaban J connectivity index is 2.27. The van der Waals surface area contributed by atoms with Crippen LogP contribution in [0.3, 0.4) is 0 Å². The molecule has 0 saturated heterocycles. The van der Waals surface area contributed by atoms with Gasteiger partial charge in [0, 0.05) is 16.6 Å². The zero-order valence-corrected chi connectivity index (χ0v) is 14.2. The second-order valence-corrected chi connectivity index (χ2v) is 6.05. The van der Waals surface area contributed by atoms with Crippen molar-refractivity contribution in [1.29, 1.82) is 0 Å². The molecule has 0 unspecified atom stereocenters. The Morgan fingerprint density at radius 3 is 2.67 bits per heavy atom. The average Bonchev–Trinajstić information content (AvgIpc) is 2.45. The quantitative estimate of drug-likeness (QED) is 0.571. The Hall–Kier alpha value is -0.940. The lowest BCUT2D eigenvalue weighted by Crippen LogP contribution is -2.05. The molecule has 110 valence electrons. The van der Waals surface area contributed by atoms with Gasteiger partial charge in [-0.1, -0.05) is 35.8 Å². The maximum absolute atomic E-state index is 6.15. The van der Waals surface area contributed by atoms with Gasteiger partial charge in [-0.15, -0.1) is 11.8 Å². The van der Waals surface area contributed by atoms with Crippen LogP contribution in [0.5, 0.6) is 0 Å². The molecule has 21 heavy (non-hydrogen) atoms. The molecule has 1 heterocycles. The van der Waals surface area contributed by atoms with Crippen LogP contribution < -0.4 is 5.32 Å². The van der Waals surface area contributed by atoms with Gasteiger partial charge in [0.15, 0.2) is 0 Å². The topological polar surface area (TPSA) is 37.8 Å². The molecule has 0 spiro atoms. The van der Waals surface area contributed by atoms with Crippen molar-refractivity contribution in [3.05, 3.63) is 51.4 Å². The first-order valence-electron chi connectivity index (χ1n) is 5.97. The summed E-state index contributed by atoms with van der Waals surface area (Å²) in [6.45, 7) is 4.25.